The molecule has 86 valence electrons. The number of hydrogen-bond acceptors (Lipinski definition) is 4. The highest BCUT2D eigenvalue weighted by Crippen LogP contribution is 2.21. The van der Waals surface area contributed by atoms with Crippen molar-refractivity contribution in [1.29, 1.82) is 0 Å². The molecule has 3 nitrogen and oxygen atoms in total. The summed E-state index contributed by atoms with van der Waals surface area (Å²) in [6.07, 6.45) is 3.83. The van der Waals surface area contributed by atoms with Gasteiger partial charge in [-0.2, -0.15) is 12.6 Å². The number of ether oxygens (including phenoxy) is 2. The number of esters is 1. The summed E-state index contributed by atoms with van der Waals surface area (Å²) in [5.41, 5.74) is 1.38. The lowest BCUT2D eigenvalue weighted by Gasteiger charge is -2.07. The Morgan fingerprint density at radius 3 is 2.75 bits per heavy atom. The van der Waals surface area contributed by atoms with Gasteiger partial charge in [-0.05, 0) is 17.7 Å². The Bertz CT molecular complexity index is 399. The molecule has 1 aromatic rings. The van der Waals surface area contributed by atoms with Gasteiger partial charge in [0.25, 0.3) is 0 Å². The Labute approximate surface area is 100 Å². The molecule has 0 aromatic heterocycles. The second kappa shape index (κ2) is 6.23. The second-order valence-electron chi connectivity index (χ2n) is 3.04. The van der Waals surface area contributed by atoms with E-state index in [1.807, 2.05) is 18.2 Å². The minimum Gasteiger partial charge on any atom is -0.496 e. The number of carbonyl (C=O) groups excluding carboxylic acids is 1. The van der Waals surface area contributed by atoms with Gasteiger partial charge in [-0.15, -0.1) is 0 Å². The molecule has 0 bridgehead atoms. The Kier molecular flexibility index (Phi) is 4.92. The molecule has 0 fully saturated rings. The summed E-state index contributed by atoms with van der Waals surface area (Å²) in [7, 11) is 2.87. The molecular formula is C12H14O3S. The molecule has 0 heterocycles. The van der Waals surface area contributed by atoms with Crippen LogP contribution in [0.4, 0.5) is 0 Å². The van der Waals surface area contributed by atoms with Crippen molar-refractivity contribution >= 4 is 24.7 Å². The van der Waals surface area contributed by atoms with E-state index >= 15 is 0 Å². The van der Waals surface area contributed by atoms with Gasteiger partial charge >= 0.3 is 5.97 Å². The zero-order chi connectivity index (χ0) is 12.0. The lowest BCUT2D eigenvalue weighted by molar-refractivity contribution is 0.0597. The molecule has 0 saturated heterocycles. The normalized spacial score (nSPS) is 10.4. The fourth-order valence-electron chi connectivity index (χ4n) is 1.28. The first-order valence-corrected chi connectivity index (χ1v) is 5.40. The fourth-order valence-corrected chi connectivity index (χ4v) is 1.38. The van der Waals surface area contributed by atoms with Gasteiger partial charge in [0.05, 0.1) is 14.2 Å². The van der Waals surface area contributed by atoms with Gasteiger partial charge < -0.3 is 9.47 Å². The van der Waals surface area contributed by atoms with Crippen LogP contribution in [-0.2, 0) is 4.74 Å². The third-order valence-electron chi connectivity index (χ3n) is 2.05. The van der Waals surface area contributed by atoms with Crippen molar-refractivity contribution in [3.05, 3.63) is 35.4 Å². The first-order valence-electron chi connectivity index (χ1n) is 4.76. The van der Waals surface area contributed by atoms with E-state index in [4.69, 9.17) is 4.74 Å². The van der Waals surface area contributed by atoms with E-state index < -0.39 is 5.97 Å². The summed E-state index contributed by atoms with van der Waals surface area (Å²) < 4.78 is 9.79. The van der Waals surface area contributed by atoms with Crippen LogP contribution in [0.15, 0.2) is 24.3 Å². The Morgan fingerprint density at radius 2 is 2.19 bits per heavy atom. The van der Waals surface area contributed by atoms with Crippen molar-refractivity contribution in [2.75, 3.05) is 20.0 Å². The summed E-state index contributed by atoms with van der Waals surface area (Å²) in [5, 5.41) is 0. The minimum absolute atomic E-state index is 0.401. The number of thiol groups is 1. The van der Waals surface area contributed by atoms with Crippen LogP contribution < -0.4 is 4.74 Å². The minimum atomic E-state index is -0.401. The summed E-state index contributed by atoms with van der Waals surface area (Å²) in [6, 6.07) is 5.30. The maximum Gasteiger partial charge on any atom is 0.341 e. The predicted molar refractivity (Wildman–Crippen MR) is 67.2 cm³/mol. The maximum atomic E-state index is 11.4. The highest BCUT2D eigenvalue weighted by molar-refractivity contribution is 7.80. The van der Waals surface area contributed by atoms with Gasteiger partial charge in [-0.25, -0.2) is 4.79 Å². The number of rotatable bonds is 4. The Balaban J connectivity index is 3.06. The molecule has 0 radical (unpaired) electrons. The molecule has 0 aliphatic heterocycles. The molecule has 0 saturated carbocycles. The number of hydrogen-bond donors (Lipinski definition) is 1. The third-order valence-corrected chi connectivity index (χ3v) is 2.26. The van der Waals surface area contributed by atoms with Gasteiger partial charge in [0, 0.05) is 5.75 Å². The van der Waals surface area contributed by atoms with E-state index in [2.05, 4.69) is 17.4 Å². The number of benzene rings is 1. The smallest absolute Gasteiger partial charge is 0.341 e. The van der Waals surface area contributed by atoms with Crippen molar-refractivity contribution < 1.29 is 14.3 Å². The zero-order valence-corrected chi connectivity index (χ0v) is 10.2. The third kappa shape index (κ3) is 3.03. The van der Waals surface area contributed by atoms with Crippen LogP contribution in [0.5, 0.6) is 5.75 Å². The molecule has 0 spiro atoms. The van der Waals surface area contributed by atoms with Crippen LogP contribution in [0.2, 0.25) is 0 Å². The Hall–Kier alpha value is -1.42. The van der Waals surface area contributed by atoms with Gasteiger partial charge in [0.1, 0.15) is 11.3 Å². The second-order valence-corrected chi connectivity index (χ2v) is 3.40. The van der Waals surface area contributed by atoms with Crippen molar-refractivity contribution in [1.82, 2.24) is 0 Å². The molecule has 0 aliphatic rings. The number of methoxy groups -OCH3 is 2. The standard InChI is InChI=1S/C12H14O3S/c1-14-11-8-9(4-3-7-16)5-6-10(11)12(13)15-2/h3-6,8,16H,7H2,1-2H3. The molecule has 16 heavy (non-hydrogen) atoms. The highest BCUT2D eigenvalue weighted by Gasteiger charge is 2.12. The van der Waals surface area contributed by atoms with Crippen LogP contribution in [0.25, 0.3) is 6.08 Å². The molecule has 0 aliphatic carbocycles. The average Bonchev–Trinajstić information content (AvgIpc) is 2.34. The van der Waals surface area contributed by atoms with E-state index in [1.54, 1.807) is 12.1 Å². The van der Waals surface area contributed by atoms with E-state index in [0.717, 1.165) is 5.56 Å². The van der Waals surface area contributed by atoms with E-state index in [1.165, 1.54) is 14.2 Å². The molecule has 1 aromatic carbocycles. The van der Waals surface area contributed by atoms with Crippen molar-refractivity contribution in [3.8, 4) is 5.75 Å². The monoisotopic (exact) mass is 238 g/mol. The largest absolute Gasteiger partial charge is 0.496 e. The maximum absolute atomic E-state index is 11.4. The van der Waals surface area contributed by atoms with Crippen molar-refractivity contribution in [2.24, 2.45) is 0 Å². The van der Waals surface area contributed by atoms with Crippen LogP contribution in [0, 0.1) is 0 Å². The first kappa shape index (κ1) is 12.6. The van der Waals surface area contributed by atoms with Crippen LogP contribution in [0.3, 0.4) is 0 Å². The molecule has 4 heteroatoms. The average molecular weight is 238 g/mol. The summed E-state index contributed by atoms with van der Waals surface area (Å²) in [4.78, 5) is 11.4. The van der Waals surface area contributed by atoms with Crippen LogP contribution in [0.1, 0.15) is 15.9 Å². The summed E-state index contributed by atoms with van der Waals surface area (Å²) in [5.74, 6) is 0.774. The van der Waals surface area contributed by atoms with E-state index in [9.17, 15) is 4.79 Å². The van der Waals surface area contributed by atoms with E-state index in [-0.39, 0.29) is 0 Å². The highest BCUT2D eigenvalue weighted by atomic mass is 32.1. The van der Waals surface area contributed by atoms with Gasteiger partial charge in [-0.3, -0.25) is 0 Å². The molecule has 0 N–H and O–H groups in total. The molecular weight excluding hydrogens is 224 g/mol. The lowest BCUT2D eigenvalue weighted by Crippen LogP contribution is -2.03. The first-order chi connectivity index (χ1) is 7.72. The predicted octanol–water partition coefficient (Wildman–Crippen LogP) is 2.42. The van der Waals surface area contributed by atoms with Crippen LogP contribution in [-0.4, -0.2) is 25.9 Å². The van der Waals surface area contributed by atoms with Crippen molar-refractivity contribution in [3.63, 3.8) is 0 Å². The van der Waals surface area contributed by atoms with Crippen LogP contribution >= 0.6 is 12.6 Å². The van der Waals surface area contributed by atoms with Gasteiger partial charge in [0.15, 0.2) is 0 Å². The summed E-state index contributed by atoms with van der Waals surface area (Å²) in [6.45, 7) is 0. The molecule has 0 unspecified atom stereocenters. The molecule has 1 rings (SSSR count). The van der Waals surface area contributed by atoms with Gasteiger partial charge in [0.2, 0.25) is 0 Å². The Morgan fingerprint density at radius 1 is 1.44 bits per heavy atom. The number of carbonyl (C=O) groups is 1. The van der Waals surface area contributed by atoms with Crippen molar-refractivity contribution in [2.45, 2.75) is 0 Å². The topological polar surface area (TPSA) is 35.5 Å². The van der Waals surface area contributed by atoms with Gasteiger partial charge in [-0.1, -0.05) is 18.2 Å². The summed E-state index contributed by atoms with van der Waals surface area (Å²) >= 11 is 4.08. The molecule has 0 amide bonds. The lowest BCUT2D eigenvalue weighted by atomic mass is 10.1. The van der Waals surface area contributed by atoms with E-state index in [0.29, 0.717) is 17.1 Å². The zero-order valence-electron chi connectivity index (χ0n) is 9.27. The SMILES string of the molecule is COC(=O)c1ccc(C=CCS)cc1OC. The fraction of sp³-hybridized carbons (Fsp3) is 0.250. The quantitative estimate of drug-likeness (QED) is 0.646. The molecule has 0 atom stereocenters.